The fraction of sp³-hybridized carbons (Fsp3) is 0.583. The maximum Gasteiger partial charge on any atom is 0.0794 e. The lowest BCUT2D eigenvalue weighted by molar-refractivity contribution is 0.0344. The van der Waals surface area contributed by atoms with Crippen molar-refractivity contribution in [2.24, 2.45) is 0 Å². The van der Waals surface area contributed by atoms with Crippen molar-refractivity contribution in [1.29, 1.82) is 0 Å². The van der Waals surface area contributed by atoms with Crippen LogP contribution in [-0.4, -0.2) is 30.8 Å². The molecule has 0 radical (unpaired) electrons. The molecule has 1 aromatic heterocycles. The number of hydrogen-bond acceptors (Lipinski definition) is 4. The molecule has 0 unspecified atom stereocenters. The van der Waals surface area contributed by atoms with Crippen LogP contribution in [0.1, 0.15) is 20.8 Å². The number of ether oxygens (including phenoxy) is 1. The Morgan fingerprint density at radius 2 is 1.88 bits per heavy atom. The van der Waals surface area contributed by atoms with Crippen LogP contribution in [0.3, 0.4) is 0 Å². The minimum absolute atomic E-state index is 0.172. The summed E-state index contributed by atoms with van der Waals surface area (Å²) in [5.74, 6) is 0. The van der Waals surface area contributed by atoms with Crippen molar-refractivity contribution in [1.82, 2.24) is 4.98 Å². The Morgan fingerprint density at radius 1 is 1.25 bits per heavy atom. The smallest absolute Gasteiger partial charge is 0.0794 e. The van der Waals surface area contributed by atoms with Gasteiger partial charge in [-0.3, -0.25) is 4.98 Å². The van der Waals surface area contributed by atoms with E-state index < -0.39 is 0 Å². The molecule has 0 aliphatic heterocycles. The predicted molar refractivity (Wildman–Crippen MR) is 68.0 cm³/mol. The Labute approximate surface area is 97.4 Å². The second kappa shape index (κ2) is 5.70. The minimum Gasteiger partial charge on any atom is -0.384 e. The zero-order valence-electron chi connectivity index (χ0n) is 10.5. The number of aromatic nitrogens is 1. The summed E-state index contributed by atoms with van der Waals surface area (Å²) in [6.45, 7) is 7.80. The number of hydrogen-bond donors (Lipinski definition) is 2. The van der Waals surface area contributed by atoms with Gasteiger partial charge in [0.15, 0.2) is 0 Å². The van der Waals surface area contributed by atoms with Crippen molar-refractivity contribution >= 4 is 11.4 Å². The summed E-state index contributed by atoms with van der Waals surface area (Å²) in [7, 11) is 1.72. The van der Waals surface area contributed by atoms with E-state index in [4.69, 9.17) is 4.74 Å². The summed E-state index contributed by atoms with van der Waals surface area (Å²) in [6, 6.07) is 2.04. The Bertz CT molecular complexity index is 326. The molecule has 0 aromatic carbocycles. The van der Waals surface area contributed by atoms with Gasteiger partial charge in [0.25, 0.3) is 0 Å². The van der Waals surface area contributed by atoms with Crippen molar-refractivity contribution in [3.8, 4) is 0 Å². The van der Waals surface area contributed by atoms with Gasteiger partial charge >= 0.3 is 0 Å². The summed E-state index contributed by atoms with van der Waals surface area (Å²) >= 11 is 0. The van der Waals surface area contributed by atoms with Gasteiger partial charge < -0.3 is 15.4 Å². The highest BCUT2D eigenvalue weighted by atomic mass is 16.5. The minimum atomic E-state index is -0.172. The van der Waals surface area contributed by atoms with Crippen LogP contribution in [0.5, 0.6) is 0 Å². The molecule has 4 nitrogen and oxygen atoms in total. The van der Waals surface area contributed by atoms with Gasteiger partial charge in [-0.05, 0) is 26.8 Å². The lowest BCUT2D eigenvalue weighted by Crippen LogP contribution is -2.32. The molecule has 2 N–H and O–H groups in total. The molecule has 0 amide bonds. The average Bonchev–Trinajstić information content (AvgIpc) is 2.28. The molecule has 1 heterocycles. The van der Waals surface area contributed by atoms with Crippen LogP contribution in [0, 0.1) is 0 Å². The molecule has 0 saturated carbocycles. The van der Waals surface area contributed by atoms with Crippen LogP contribution in [-0.2, 0) is 4.74 Å². The van der Waals surface area contributed by atoms with Gasteiger partial charge in [-0.1, -0.05) is 0 Å². The third-order valence-corrected chi connectivity index (χ3v) is 2.39. The molecule has 0 atom stereocenters. The van der Waals surface area contributed by atoms with Gasteiger partial charge in [-0.2, -0.15) is 0 Å². The van der Waals surface area contributed by atoms with Crippen LogP contribution in [0.4, 0.5) is 11.4 Å². The van der Waals surface area contributed by atoms with E-state index >= 15 is 0 Å². The van der Waals surface area contributed by atoms with Crippen LogP contribution in [0.2, 0.25) is 0 Å². The summed E-state index contributed by atoms with van der Waals surface area (Å²) in [6.07, 6.45) is 3.63. The molecule has 0 fully saturated rings. The number of nitrogens with one attached hydrogen (secondary N) is 2. The molecule has 4 heteroatoms. The first-order chi connectivity index (χ1) is 7.57. The monoisotopic (exact) mass is 223 g/mol. The maximum atomic E-state index is 5.34. The molecule has 0 aliphatic rings. The van der Waals surface area contributed by atoms with Crippen LogP contribution >= 0.6 is 0 Å². The van der Waals surface area contributed by atoms with E-state index in [2.05, 4.69) is 22.5 Å². The fourth-order valence-corrected chi connectivity index (χ4v) is 1.22. The number of rotatable bonds is 6. The van der Waals surface area contributed by atoms with Crippen molar-refractivity contribution in [3.05, 3.63) is 18.5 Å². The molecular weight excluding hydrogens is 202 g/mol. The van der Waals surface area contributed by atoms with Crippen molar-refractivity contribution in [2.45, 2.75) is 26.4 Å². The third kappa shape index (κ3) is 4.06. The third-order valence-electron chi connectivity index (χ3n) is 2.39. The molecule has 0 bridgehead atoms. The topological polar surface area (TPSA) is 46.2 Å². The largest absolute Gasteiger partial charge is 0.384 e. The van der Waals surface area contributed by atoms with E-state index in [0.29, 0.717) is 0 Å². The number of anilines is 2. The van der Waals surface area contributed by atoms with E-state index in [-0.39, 0.29) is 5.60 Å². The number of methoxy groups -OCH3 is 1. The lowest BCUT2D eigenvalue weighted by atomic mass is 10.1. The highest BCUT2D eigenvalue weighted by molar-refractivity contribution is 5.53. The predicted octanol–water partition coefficient (Wildman–Crippen LogP) is 2.35. The molecule has 0 aliphatic carbocycles. The van der Waals surface area contributed by atoms with Crippen molar-refractivity contribution in [3.63, 3.8) is 0 Å². The second-order valence-corrected chi connectivity index (χ2v) is 4.31. The van der Waals surface area contributed by atoms with E-state index in [1.807, 2.05) is 32.3 Å². The molecule has 1 rings (SSSR count). The molecule has 90 valence electrons. The van der Waals surface area contributed by atoms with Gasteiger partial charge in [0.2, 0.25) is 0 Å². The van der Waals surface area contributed by atoms with Gasteiger partial charge in [0.1, 0.15) is 0 Å². The zero-order chi connectivity index (χ0) is 12.0. The molecule has 1 aromatic rings. The summed E-state index contributed by atoms with van der Waals surface area (Å²) in [4.78, 5) is 4.16. The van der Waals surface area contributed by atoms with Gasteiger partial charge in [-0.25, -0.2) is 0 Å². The van der Waals surface area contributed by atoms with E-state index in [1.165, 1.54) is 0 Å². The van der Waals surface area contributed by atoms with Crippen LogP contribution in [0.25, 0.3) is 0 Å². The van der Waals surface area contributed by atoms with E-state index in [0.717, 1.165) is 24.5 Å². The quantitative estimate of drug-likeness (QED) is 0.777. The summed E-state index contributed by atoms with van der Waals surface area (Å²) in [5, 5.41) is 6.53. The first kappa shape index (κ1) is 12.8. The normalized spacial score (nSPS) is 11.2. The standard InChI is InChI=1S/C12H21N3O/c1-5-14-10-6-11(8-13-7-10)15-9-12(2,3)16-4/h6-8,14-15H,5,9H2,1-4H3. The average molecular weight is 223 g/mol. The Morgan fingerprint density at radius 3 is 2.44 bits per heavy atom. The van der Waals surface area contributed by atoms with E-state index in [1.54, 1.807) is 7.11 Å². The SMILES string of the molecule is CCNc1cncc(NCC(C)(C)OC)c1. The van der Waals surface area contributed by atoms with Crippen molar-refractivity contribution < 1.29 is 4.74 Å². The first-order valence-electron chi connectivity index (χ1n) is 5.55. The zero-order valence-corrected chi connectivity index (χ0v) is 10.5. The fourth-order valence-electron chi connectivity index (χ4n) is 1.22. The Balaban J connectivity index is 2.57. The highest BCUT2D eigenvalue weighted by Gasteiger charge is 2.15. The molecule has 0 saturated heterocycles. The second-order valence-electron chi connectivity index (χ2n) is 4.31. The Hall–Kier alpha value is -1.29. The molecule has 0 spiro atoms. The lowest BCUT2D eigenvalue weighted by Gasteiger charge is -2.23. The van der Waals surface area contributed by atoms with Gasteiger partial charge in [0, 0.05) is 20.2 Å². The maximum absolute atomic E-state index is 5.34. The van der Waals surface area contributed by atoms with Gasteiger partial charge in [-0.15, -0.1) is 0 Å². The molecular formula is C12H21N3O. The summed E-state index contributed by atoms with van der Waals surface area (Å²) in [5.41, 5.74) is 1.86. The van der Waals surface area contributed by atoms with E-state index in [9.17, 15) is 0 Å². The summed E-state index contributed by atoms with van der Waals surface area (Å²) < 4.78 is 5.34. The highest BCUT2D eigenvalue weighted by Crippen LogP contribution is 2.15. The van der Waals surface area contributed by atoms with Crippen LogP contribution < -0.4 is 10.6 Å². The Kier molecular flexibility index (Phi) is 4.55. The number of nitrogens with zero attached hydrogens (tertiary/aromatic N) is 1. The molecule has 16 heavy (non-hydrogen) atoms. The number of pyridine rings is 1. The first-order valence-corrected chi connectivity index (χ1v) is 5.55. The van der Waals surface area contributed by atoms with Crippen LogP contribution in [0.15, 0.2) is 18.5 Å². The van der Waals surface area contributed by atoms with Crippen molar-refractivity contribution in [2.75, 3.05) is 30.8 Å². The van der Waals surface area contributed by atoms with Gasteiger partial charge in [0.05, 0.1) is 29.4 Å².